The SMILES string of the molecule is CC(NS(=O)(=O)N1CCN(c2ccc(Cl)cc2)CC1)C(=O)O. The lowest BCUT2D eigenvalue weighted by Gasteiger charge is -2.35. The highest BCUT2D eigenvalue weighted by molar-refractivity contribution is 7.87. The van der Waals surface area contributed by atoms with Gasteiger partial charge in [-0.2, -0.15) is 17.4 Å². The van der Waals surface area contributed by atoms with Gasteiger partial charge >= 0.3 is 5.97 Å². The van der Waals surface area contributed by atoms with Crippen LogP contribution >= 0.6 is 11.6 Å². The third-order valence-corrected chi connectivity index (χ3v) is 5.41. The number of carbonyl (C=O) groups is 1. The maximum atomic E-state index is 12.1. The first-order chi connectivity index (χ1) is 10.3. The Kier molecular flexibility index (Phi) is 5.28. The van der Waals surface area contributed by atoms with Gasteiger partial charge < -0.3 is 10.0 Å². The second-order valence-corrected chi connectivity index (χ2v) is 7.18. The van der Waals surface area contributed by atoms with E-state index in [9.17, 15) is 13.2 Å². The summed E-state index contributed by atoms with van der Waals surface area (Å²) in [5.41, 5.74) is 0.980. The lowest BCUT2D eigenvalue weighted by atomic mass is 10.2. The van der Waals surface area contributed by atoms with Gasteiger partial charge in [-0.15, -0.1) is 0 Å². The van der Waals surface area contributed by atoms with Gasteiger partial charge in [-0.3, -0.25) is 4.79 Å². The molecule has 1 aromatic carbocycles. The van der Waals surface area contributed by atoms with Crippen molar-refractivity contribution < 1.29 is 18.3 Å². The number of benzene rings is 1. The van der Waals surface area contributed by atoms with Crippen molar-refractivity contribution >= 4 is 33.5 Å². The maximum absolute atomic E-state index is 12.1. The minimum absolute atomic E-state index is 0.296. The number of carboxylic acids is 1. The minimum atomic E-state index is -3.79. The zero-order valence-corrected chi connectivity index (χ0v) is 13.6. The quantitative estimate of drug-likeness (QED) is 0.821. The van der Waals surface area contributed by atoms with Gasteiger partial charge in [0, 0.05) is 36.9 Å². The van der Waals surface area contributed by atoms with E-state index >= 15 is 0 Å². The highest BCUT2D eigenvalue weighted by Gasteiger charge is 2.29. The largest absolute Gasteiger partial charge is 0.480 e. The highest BCUT2D eigenvalue weighted by Crippen LogP contribution is 2.20. The van der Waals surface area contributed by atoms with Gasteiger partial charge in [0.15, 0.2) is 0 Å². The maximum Gasteiger partial charge on any atom is 0.321 e. The third kappa shape index (κ3) is 4.10. The van der Waals surface area contributed by atoms with Crippen molar-refractivity contribution in [3.8, 4) is 0 Å². The normalized spacial score (nSPS) is 18.2. The number of carboxylic acid groups (broad SMARTS) is 1. The first kappa shape index (κ1) is 17.0. The molecule has 2 rings (SSSR count). The number of anilines is 1. The van der Waals surface area contributed by atoms with E-state index in [1.807, 2.05) is 12.1 Å². The molecule has 1 unspecified atom stereocenters. The summed E-state index contributed by atoms with van der Waals surface area (Å²) in [5.74, 6) is -1.21. The van der Waals surface area contributed by atoms with Gasteiger partial charge in [0.1, 0.15) is 6.04 Å². The Hall–Kier alpha value is -1.35. The summed E-state index contributed by atoms with van der Waals surface area (Å²) < 4.78 is 27.6. The monoisotopic (exact) mass is 347 g/mol. The molecule has 9 heteroatoms. The first-order valence-electron chi connectivity index (χ1n) is 6.80. The van der Waals surface area contributed by atoms with Crippen molar-refractivity contribution in [2.24, 2.45) is 0 Å². The molecule has 0 radical (unpaired) electrons. The van der Waals surface area contributed by atoms with Crippen LogP contribution in [0.25, 0.3) is 0 Å². The summed E-state index contributed by atoms with van der Waals surface area (Å²) in [6, 6.07) is 6.19. The van der Waals surface area contributed by atoms with Crippen LogP contribution in [0.2, 0.25) is 5.02 Å². The summed E-state index contributed by atoms with van der Waals surface area (Å²) in [6.45, 7) is 2.95. The molecule has 22 heavy (non-hydrogen) atoms. The smallest absolute Gasteiger partial charge is 0.321 e. The van der Waals surface area contributed by atoms with E-state index in [0.717, 1.165) is 5.69 Å². The van der Waals surface area contributed by atoms with Crippen molar-refractivity contribution in [3.63, 3.8) is 0 Å². The van der Waals surface area contributed by atoms with Gasteiger partial charge in [-0.1, -0.05) is 11.6 Å². The molecule has 1 saturated heterocycles. The predicted octanol–water partition coefficient (Wildman–Crippen LogP) is 0.770. The number of halogens is 1. The minimum Gasteiger partial charge on any atom is -0.480 e. The van der Waals surface area contributed by atoms with E-state index in [2.05, 4.69) is 9.62 Å². The Morgan fingerprint density at radius 2 is 1.77 bits per heavy atom. The van der Waals surface area contributed by atoms with Crippen molar-refractivity contribution in [2.75, 3.05) is 31.1 Å². The fraction of sp³-hybridized carbons (Fsp3) is 0.462. The van der Waals surface area contributed by atoms with Gasteiger partial charge in [0.05, 0.1) is 0 Å². The van der Waals surface area contributed by atoms with E-state index in [-0.39, 0.29) is 0 Å². The second kappa shape index (κ2) is 6.82. The van der Waals surface area contributed by atoms with Gasteiger partial charge in [0.2, 0.25) is 0 Å². The Balaban J connectivity index is 1.96. The molecule has 7 nitrogen and oxygen atoms in total. The molecule has 1 aliphatic heterocycles. The molecule has 0 bridgehead atoms. The summed E-state index contributed by atoms with van der Waals surface area (Å²) >= 11 is 5.85. The number of hydrogen-bond acceptors (Lipinski definition) is 4. The third-order valence-electron chi connectivity index (χ3n) is 3.47. The molecule has 1 atom stereocenters. The summed E-state index contributed by atoms with van der Waals surface area (Å²) in [6.07, 6.45) is 0. The van der Waals surface area contributed by atoms with Gasteiger partial charge in [-0.05, 0) is 31.2 Å². The Labute approximate surface area is 134 Å². The predicted molar refractivity (Wildman–Crippen MR) is 84.4 cm³/mol. The van der Waals surface area contributed by atoms with Crippen LogP contribution in [0.5, 0.6) is 0 Å². The molecule has 0 aromatic heterocycles. The molecule has 0 aliphatic carbocycles. The van der Waals surface area contributed by atoms with Crippen LogP contribution in [0.3, 0.4) is 0 Å². The topological polar surface area (TPSA) is 90.0 Å². The van der Waals surface area contributed by atoms with Gasteiger partial charge in [0.25, 0.3) is 10.2 Å². The number of rotatable bonds is 5. The van der Waals surface area contributed by atoms with Crippen molar-refractivity contribution in [1.29, 1.82) is 0 Å². The fourth-order valence-corrected chi connectivity index (χ4v) is 3.65. The standard InChI is InChI=1S/C13H18ClN3O4S/c1-10(13(18)19)15-22(20,21)17-8-6-16(7-9-17)12-4-2-11(14)3-5-12/h2-5,10,15H,6-9H2,1H3,(H,18,19). The number of aliphatic carboxylic acids is 1. The molecule has 1 fully saturated rings. The van der Waals surface area contributed by atoms with Gasteiger partial charge in [-0.25, -0.2) is 0 Å². The average Bonchev–Trinajstić information content (AvgIpc) is 2.47. The second-order valence-electron chi connectivity index (χ2n) is 5.05. The number of nitrogens with one attached hydrogen (secondary N) is 1. The van der Waals surface area contributed by atoms with Crippen LogP contribution in [0.15, 0.2) is 24.3 Å². The zero-order chi connectivity index (χ0) is 16.3. The van der Waals surface area contributed by atoms with Crippen LogP contribution < -0.4 is 9.62 Å². The lowest BCUT2D eigenvalue weighted by Crippen LogP contribution is -2.54. The molecule has 1 aliphatic rings. The summed E-state index contributed by atoms with van der Waals surface area (Å²) in [5, 5.41) is 9.44. The number of hydrogen-bond donors (Lipinski definition) is 2. The lowest BCUT2D eigenvalue weighted by molar-refractivity contribution is -0.138. The zero-order valence-electron chi connectivity index (χ0n) is 12.1. The molecule has 0 spiro atoms. The van der Waals surface area contributed by atoms with E-state index < -0.39 is 22.2 Å². The van der Waals surface area contributed by atoms with Crippen LogP contribution in [0, 0.1) is 0 Å². The molecule has 122 valence electrons. The Morgan fingerprint density at radius 3 is 2.27 bits per heavy atom. The molecule has 1 heterocycles. The molecule has 2 N–H and O–H groups in total. The van der Waals surface area contributed by atoms with Crippen molar-refractivity contribution in [1.82, 2.24) is 9.03 Å². The molecule has 1 aromatic rings. The summed E-state index contributed by atoms with van der Waals surface area (Å²) in [4.78, 5) is 12.8. The number of nitrogens with zero attached hydrogens (tertiary/aromatic N) is 2. The van der Waals surface area contributed by atoms with Crippen LogP contribution in [-0.2, 0) is 15.0 Å². The Bertz CT molecular complexity index is 627. The van der Waals surface area contributed by atoms with E-state index in [1.54, 1.807) is 12.1 Å². The highest BCUT2D eigenvalue weighted by atomic mass is 35.5. The van der Waals surface area contributed by atoms with Crippen LogP contribution in [0.4, 0.5) is 5.69 Å². The van der Waals surface area contributed by atoms with E-state index in [1.165, 1.54) is 11.2 Å². The molecular weight excluding hydrogens is 330 g/mol. The fourth-order valence-electron chi connectivity index (χ4n) is 2.19. The Morgan fingerprint density at radius 1 is 1.23 bits per heavy atom. The molecule has 0 saturated carbocycles. The van der Waals surface area contributed by atoms with Crippen molar-refractivity contribution in [3.05, 3.63) is 29.3 Å². The van der Waals surface area contributed by atoms with Crippen molar-refractivity contribution in [2.45, 2.75) is 13.0 Å². The molecule has 0 amide bonds. The van der Waals surface area contributed by atoms with Crippen LogP contribution in [0.1, 0.15) is 6.92 Å². The average molecular weight is 348 g/mol. The van der Waals surface area contributed by atoms with Crippen LogP contribution in [-0.4, -0.2) is 56.0 Å². The van der Waals surface area contributed by atoms with E-state index in [0.29, 0.717) is 31.2 Å². The summed E-state index contributed by atoms with van der Waals surface area (Å²) in [7, 11) is -3.79. The van der Waals surface area contributed by atoms with E-state index in [4.69, 9.17) is 16.7 Å². The number of piperazine rings is 1. The molecular formula is C13H18ClN3O4S. The first-order valence-corrected chi connectivity index (χ1v) is 8.62.